The van der Waals surface area contributed by atoms with Gasteiger partial charge < -0.3 is 9.84 Å². The van der Waals surface area contributed by atoms with Gasteiger partial charge in [-0.2, -0.15) is 0 Å². The second-order valence-electron chi connectivity index (χ2n) is 5.61. The van der Waals surface area contributed by atoms with Gasteiger partial charge in [0.25, 0.3) is 0 Å². The first-order valence-corrected chi connectivity index (χ1v) is 7.08. The third-order valence-corrected chi connectivity index (χ3v) is 4.18. The third kappa shape index (κ3) is 2.44. The van der Waals surface area contributed by atoms with Crippen LogP contribution in [0.25, 0.3) is 0 Å². The number of methoxy groups -OCH3 is 1. The smallest absolute Gasteiger partial charge is 0.124 e. The number of aliphatic hydroxyl groups is 1. The maximum absolute atomic E-state index is 10.6. The molecule has 20 heavy (non-hydrogen) atoms. The SMILES string of the molecule is COc1ccc(C)cc1C(O)C1CC1c1ccccc1. The molecule has 3 atom stereocenters. The predicted molar refractivity (Wildman–Crippen MR) is 80.0 cm³/mol. The first-order valence-electron chi connectivity index (χ1n) is 7.08. The highest BCUT2D eigenvalue weighted by Gasteiger charge is 2.44. The van der Waals surface area contributed by atoms with Gasteiger partial charge in [0.15, 0.2) is 0 Å². The van der Waals surface area contributed by atoms with Crippen LogP contribution in [0.15, 0.2) is 48.5 Å². The van der Waals surface area contributed by atoms with Crippen LogP contribution in [0.3, 0.4) is 0 Å². The molecule has 0 heterocycles. The monoisotopic (exact) mass is 268 g/mol. The average molecular weight is 268 g/mol. The van der Waals surface area contributed by atoms with Crippen LogP contribution in [0, 0.1) is 12.8 Å². The van der Waals surface area contributed by atoms with Crippen LogP contribution >= 0.6 is 0 Å². The molecule has 0 spiro atoms. The van der Waals surface area contributed by atoms with Gasteiger partial charge in [-0.05, 0) is 42.9 Å². The van der Waals surface area contributed by atoms with E-state index in [1.165, 1.54) is 5.56 Å². The summed E-state index contributed by atoms with van der Waals surface area (Å²) in [5, 5.41) is 10.6. The zero-order valence-corrected chi connectivity index (χ0v) is 11.9. The number of ether oxygens (including phenoxy) is 1. The molecule has 104 valence electrons. The average Bonchev–Trinajstić information content (AvgIpc) is 3.28. The van der Waals surface area contributed by atoms with Crippen LogP contribution < -0.4 is 4.74 Å². The number of benzene rings is 2. The highest BCUT2D eigenvalue weighted by molar-refractivity contribution is 5.40. The summed E-state index contributed by atoms with van der Waals surface area (Å²) < 4.78 is 5.38. The van der Waals surface area contributed by atoms with Gasteiger partial charge in [-0.3, -0.25) is 0 Å². The standard InChI is InChI=1S/C18H20O2/c1-12-8-9-17(20-2)16(10-12)18(19)15-11-14(15)13-6-4-3-5-7-13/h3-10,14-15,18-19H,11H2,1-2H3. The van der Waals surface area contributed by atoms with E-state index in [4.69, 9.17) is 4.74 Å². The van der Waals surface area contributed by atoms with Crippen molar-refractivity contribution in [3.63, 3.8) is 0 Å². The molecule has 0 amide bonds. The normalized spacial score (nSPS) is 22.4. The summed E-state index contributed by atoms with van der Waals surface area (Å²) in [4.78, 5) is 0. The van der Waals surface area contributed by atoms with Crippen LogP contribution in [0.5, 0.6) is 5.75 Å². The summed E-state index contributed by atoms with van der Waals surface area (Å²) in [6.07, 6.45) is 0.595. The molecule has 1 aliphatic carbocycles. The van der Waals surface area contributed by atoms with Crippen molar-refractivity contribution in [1.82, 2.24) is 0 Å². The second-order valence-corrected chi connectivity index (χ2v) is 5.61. The van der Waals surface area contributed by atoms with Gasteiger partial charge in [0.1, 0.15) is 5.75 Å². The Morgan fingerprint density at radius 3 is 2.60 bits per heavy atom. The highest BCUT2D eigenvalue weighted by Crippen LogP contribution is 2.55. The molecule has 2 aromatic rings. The number of hydrogen-bond donors (Lipinski definition) is 1. The summed E-state index contributed by atoms with van der Waals surface area (Å²) in [7, 11) is 1.66. The summed E-state index contributed by atoms with van der Waals surface area (Å²) in [5.41, 5.74) is 3.39. The van der Waals surface area contributed by atoms with E-state index >= 15 is 0 Å². The molecule has 0 aliphatic heterocycles. The van der Waals surface area contributed by atoms with E-state index in [9.17, 15) is 5.11 Å². The minimum Gasteiger partial charge on any atom is -0.496 e. The predicted octanol–water partition coefficient (Wildman–Crippen LogP) is 3.84. The van der Waals surface area contributed by atoms with Crippen LogP contribution in [0.2, 0.25) is 0 Å². The molecule has 1 saturated carbocycles. The van der Waals surface area contributed by atoms with Gasteiger partial charge in [0.2, 0.25) is 0 Å². The maximum atomic E-state index is 10.6. The molecule has 2 aromatic carbocycles. The van der Waals surface area contributed by atoms with E-state index in [0.717, 1.165) is 23.3 Å². The van der Waals surface area contributed by atoms with E-state index in [1.54, 1.807) is 7.11 Å². The van der Waals surface area contributed by atoms with Gasteiger partial charge in [-0.15, -0.1) is 0 Å². The van der Waals surface area contributed by atoms with Crippen molar-refractivity contribution < 1.29 is 9.84 Å². The molecule has 2 heteroatoms. The van der Waals surface area contributed by atoms with E-state index in [1.807, 2.05) is 31.2 Å². The fraction of sp³-hybridized carbons (Fsp3) is 0.333. The quantitative estimate of drug-likeness (QED) is 0.913. The first-order chi connectivity index (χ1) is 9.70. The van der Waals surface area contributed by atoms with Crippen LogP contribution in [0.1, 0.15) is 35.1 Å². The largest absolute Gasteiger partial charge is 0.496 e. The summed E-state index contributed by atoms with van der Waals surface area (Å²) in [5.74, 6) is 1.55. The van der Waals surface area contributed by atoms with Crippen molar-refractivity contribution in [2.24, 2.45) is 5.92 Å². The van der Waals surface area contributed by atoms with E-state index in [2.05, 4.69) is 24.3 Å². The molecular weight excluding hydrogens is 248 g/mol. The van der Waals surface area contributed by atoms with Crippen LogP contribution in [-0.4, -0.2) is 12.2 Å². The Labute approximate surface area is 120 Å². The minimum absolute atomic E-state index is 0.299. The van der Waals surface area contributed by atoms with Crippen molar-refractivity contribution in [3.05, 3.63) is 65.2 Å². The molecule has 1 aliphatic rings. The van der Waals surface area contributed by atoms with Gasteiger partial charge in [0.05, 0.1) is 13.2 Å². The highest BCUT2D eigenvalue weighted by atomic mass is 16.5. The molecule has 0 saturated heterocycles. The van der Waals surface area contributed by atoms with Crippen molar-refractivity contribution in [2.75, 3.05) is 7.11 Å². The summed E-state index contributed by atoms with van der Waals surface area (Å²) in [6, 6.07) is 16.4. The fourth-order valence-corrected chi connectivity index (χ4v) is 2.96. The molecule has 0 aromatic heterocycles. The van der Waals surface area contributed by atoms with Crippen LogP contribution in [0.4, 0.5) is 0 Å². The molecule has 3 rings (SSSR count). The number of hydrogen-bond acceptors (Lipinski definition) is 2. The first kappa shape index (κ1) is 13.2. The Bertz CT molecular complexity index is 592. The van der Waals surface area contributed by atoms with Crippen molar-refractivity contribution in [1.29, 1.82) is 0 Å². The van der Waals surface area contributed by atoms with E-state index in [-0.39, 0.29) is 0 Å². The topological polar surface area (TPSA) is 29.5 Å². The Balaban J connectivity index is 1.81. The minimum atomic E-state index is -0.449. The Kier molecular flexibility index (Phi) is 3.49. The molecule has 1 fully saturated rings. The fourth-order valence-electron chi connectivity index (χ4n) is 2.96. The van der Waals surface area contributed by atoms with Gasteiger partial charge >= 0.3 is 0 Å². The molecule has 2 nitrogen and oxygen atoms in total. The number of rotatable bonds is 4. The molecule has 3 unspecified atom stereocenters. The number of aliphatic hydroxyl groups excluding tert-OH is 1. The van der Waals surface area contributed by atoms with Crippen molar-refractivity contribution in [3.8, 4) is 5.75 Å². The van der Waals surface area contributed by atoms with Crippen molar-refractivity contribution >= 4 is 0 Å². The lowest BCUT2D eigenvalue weighted by atomic mass is 9.99. The second kappa shape index (κ2) is 5.29. The summed E-state index contributed by atoms with van der Waals surface area (Å²) >= 11 is 0. The zero-order valence-electron chi connectivity index (χ0n) is 11.9. The van der Waals surface area contributed by atoms with E-state index < -0.39 is 6.10 Å². The summed E-state index contributed by atoms with van der Waals surface area (Å²) in [6.45, 7) is 2.04. The molecular formula is C18H20O2. The van der Waals surface area contributed by atoms with Crippen LogP contribution in [-0.2, 0) is 0 Å². The lowest BCUT2D eigenvalue weighted by Crippen LogP contribution is -2.04. The number of aryl methyl sites for hydroxylation is 1. The van der Waals surface area contributed by atoms with Gasteiger partial charge in [0, 0.05) is 5.56 Å². The Morgan fingerprint density at radius 1 is 1.15 bits per heavy atom. The Hall–Kier alpha value is -1.80. The molecule has 0 bridgehead atoms. The van der Waals surface area contributed by atoms with Crippen molar-refractivity contribution in [2.45, 2.75) is 25.4 Å². The van der Waals surface area contributed by atoms with E-state index in [0.29, 0.717) is 11.8 Å². The van der Waals surface area contributed by atoms with Gasteiger partial charge in [-0.1, -0.05) is 42.0 Å². The zero-order chi connectivity index (χ0) is 14.1. The Morgan fingerprint density at radius 2 is 1.90 bits per heavy atom. The lowest BCUT2D eigenvalue weighted by Gasteiger charge is -2.15. The molecule has 0 radical (unpaired) electrons. The third-order valence-electron chi connectivity index (χ3n) is 4.18. The lowest BCUT2D eigenvalue weighted by molar-refractivity contribution is 0.147. The maximum Gasteiger partial charge on any atom is 0.124 e. The molecule has 1 N–H and O–H groups in total. The van der Waals surface area contributed by atoms with Gasteiger partial charge in [-0.25, -0.2) is 0 Å².